The molecule has 0 bridgehead atoms. The Morgan fingerprint density at radius 1 is 1.24 bits per heavy atom. The van der Waals surface area contributed by atoms with Gasteiger partial charge in [-0.3, -0.25) is 0 Å². The number of carbonyl (C=O) groups excluding carboxylic acids is 1. The molecular weight excluding hydrogens is 266 g/mol. The number of nitrogens with one attached hydrogen (secondary N) is 2. The van der Waals surface area contributed by atoms with Crippen molar-refractivity contribution in [1.82, 2.24) is 15.5 Å². The van der Waals surface area contributed by atoms with Crippen molar-refractivity contribution in [3.05, 3.63) is 35.9 Å². The van der Waals surface area contributed by atoms with Crippen molar-refractivity contribution >= 4 is 6.03 Å². The Morgan fingerprint density at radius 3 is 2.62 bits per heavy atom. The van der Waals surface area contributed by atoms with Gasteiger partial charge in [-0.15, -0.1) is 0 Å². The Hall–Kier alpha value is -1.59. The minimum Gasteiger partial charge on any atom is -0.396 e. The summed E-state index contributed by atoms with van der Waals surface area (Å²) in [5, 5.41) is 14.6. The van der Waals surface area contributed by atoms with Crippen molar-refractivity contribution in [3.63, 3.8) is 0 Å². The van der Waals surface area contributed by atoms with Crippen molar-refractivity contribution in [2.24, 2.45) is 0 Å². The molecular formula is C16H25N3O2. The number of rotatable bonds is 7. The van der Waals surface area contributed by atoms with Crippen LogP contribution in [0.4, 0.5) is 4.79 Å². The highest BCUT2D eigenvalue weighted by molar-refractivity contribution is 5.74. The zero-order valence-electron chi connectivity index (χ0n) is 12.4. The fraction of sp³-hybridized carbons (Fsp3) is 0.562. The van der Waals surface area contributed by atoms with Gasteiger partial charge in [-0.25, -0.2) is 4.79 Å². The predicted octanol–water partition coefficient (Wildman–Crippen LogP) is 1.51. The van der Waals surface area contributed by atoms with Crippen molar-refractivity contribution in [2.45, 2.75) is 25.3 Å². The van der Waals surface area contributed by atoms with E-state index in [4.69, 9.17) is 5.11 Å². The predicted molar refractivity (Wildman–Crippen MR) is 83.1 cm³/mol. The van der Waals surface area contributed by atoms with E-state index < -0.39 is 0 Å². The molecule has 0 radical (unpaired) electrons. The molecule has 1 aliphatic rings. The number of carbonyl (C=O) groups is 1. The number of benzene rings is 1. The molecule has 5 nitrogen and oxygen atoms in total. The second-order valence-corrected chi connectivity index (χ2v) is 5.45. The third-order valence-electron chi connectivity index (χ3n) is 3.77. The van der Waals surface area contributed by atoms with Gasteiger partial charge in [-0.05, 0) is 37.9 Å². The number of likely N-dealkylation sites (tertiary alicyclic amines) is 1. The summed E-state index contributed by atoms with van der Waals surface area (Å²) in [5.74, 6) is 0. The van der Waals surface area contributed by atoms with Gasteiger partial charge >= 0.3 is 6.03 Å². The summed E-state index contributed by atoms with van der Waals surface area (Å²) in [5.41, 5.74) is 1.13. The smallest absolute Gasteiger partial charge is 0.315 e. The maximum atomic E-state index is 12.0. The van der Waals surface area contributed by atoms with Crippen LogP contribution in [0.15, 0.2) is 30.3 Å². The van der Waals surface area contributed by atoms with E-state index in [2.05, 4.69) is 27.7 Å². The average molecular weight is 291 g/mol. The van der Waals surface area contributed by atoms with E-state index in [1.807, 2.05) is 18.2 Å². The lowest BCUT2D eigenvalue weighted by Gasteiger charge is -2.25. The Morgan fingerprint density at radius 2 is 1.95 bits per heavy atom. The van der Waals surface area contributed by atoms with Gasteiger partial charge in [0.05, 0.1) is 6.04 Å². The minimum absolute atomic E-state index is 0.00146. The van der Waals surface area contributed by atoms with Gasteiger partial charge < -0.3 is 20.6 Å². The molecule has 0 saturated carbocycles. The number of nitrogens with zero attached hydrogens (tertiary/aromatic N) is 1. The Bertz CT molecular complexity index is 419. The normalized spacial score (nSPS) is 16.6. The summed E-state index contributed by atoms with van der Waals surface area (Å²) in [6.07, 6.45) is 3.06. The zero-order chi connectivity index (χ0) is 14.9. The first kappa shape index (κ1) is 15.8. The molecule has 21 heavy (non-hydrogen) atoms. The maximum absolute atomic E-state index is 12.0. The topological polar surface area (TPSA) is 64.6 Å². The van der Waals surface area contributed by atoms with Gasteiger partial charge in [0.2, 0.25) is 0 Å². The monoisotopic (exact) mass is 291 g/mol. The number of aliphatic hydroxyl groups is 1. The Kier molecular flexibility index (Phi) is 6.50. The summed E-state index contributed by atoms with van der Waals surface area (Å²) in [6, 6.07) is 9.91. The molecule has 2 rings (SSSR count). The van der Waals surface area contributed by atoms with Crippen LogP contribution < -0.4 is 10.6 Å². The molecule has 1 atom stereocenters. The van der Waals surface area contributed by atoms with Crippen LogP contribution in [0.3, 0.4) is 0 Å². The van der Waals surface area contributed by atoms with E-state index in [0.717, 1.165) is 25.2 Å². The van der Waals surface area contributed by atoms with Crippen LogP contribution in [0, 0.1) is 0 Å². The molecule has 5 heteroatoms. The second kappa shape index (κ2) is 8.64. The quantitative estimate of drug-likeness (QED) is 0.667. The highest BCUT2D eigenvalue weighted by atomic mass is 16.3. The maximum Gasteiger partial charge on any atom is 0.315 e. The van der Waals surface area contributed by atoms with Gasteiger partial charge in [-0.1, -0.05) is 30.3 Å². The molecule has 116 valence electrons. The van der Waals surface area contributed by atoms with E-state index in [1.54, 1.807) is 0 Å². The molecule has 2 amide bonds. The third-order valence-corrected chi connectivity index (χ3v) is 3.77. The molecule has 1 heterocycles. The van der Waals surface area contributed by atoms with E-state index >= 15 is 0 Å². The molecule has 1 aromatic carbocycles. The number of hydrogen-bond acceptors (Lipinski definition) is 3. The van der Waals surface area contributed by atoms with Gasteiger partial charge in [0.25, 0.3) is 0 Å². The van der Waals surface area contributed by atoms with E-state index in [0.29, 0.717) is 13.0 Å². The first-order valence-electron chi connectivity index (χ1n) is 7.72. The molecule has 0 aliphatic carbocycles. The summed E-state index contributed by atoms with van der Waals surface area (Å²) in [6.45, 7) is 3.65. The van der Waals surface area contributed by atoms with Crippen LogP contribution in [0.1, 0.15) is 30.9 Å². The van der Waals surface area contributed by atoms with Gasteiger partial charge in [0, 0.05) is 19.7 Å². The molecule has 1 aromatic rings. The van der Waals surface area contributed by atoms with E-state index in [-0.39, 0.29) is 18.7 Å². The van der Waals surface area contributed by atoms with Crippen LogP contribution >= 0.6 is 0 Å². The first-order chi connectivity index (χ1) is 10.3. The number of aliphatic hydroxyl groups excluding tert-OH is 1. The fourth-order valence-electron chi connectivity index (χ4n) is 2.63. The molecule has 1 aliphatic heterocycles. The van der Waals surface area contributed by atoms with Gasteiger partial charge in [-0.2, -0.15) is 0 Å². The average Bonchev–Trinajstić information content (AvgIpc) is 3.01. The molecule has 0 spiro atoms. The standard InChI is InChI=1S/C16H25N3O2/c20-12-6-9-17-16(21)18-15(13-19-10-4-5-11-19)14-7-2-1-3-8-14/h1-3,7-8,15,20H,4-6,9-13H2,(H2,17,18,21). The van der Waals surface area contributed by atoms with Crippen molar-refractivity contribution in [1.29, 1.82) is 0 Å². The van der Waals surface area contributed by atoms with Crippen LogP contribution in [0.2, 0.25) is 0 Å². The largest absolute Gasteiger partial charge is 0.396 e. The number of hydrogen-bond donors (Lipinski definition) is 3. The summed E-state index contributed by atoms with van der Waals surface area (Å²) < 4.78 is 0. The lowest BCUT2D eigenvalue weighted by molar-refractivity contribution is 0.227. The van der Waals surface area contributed by atoms with Crippen LogP contribution in [0.25, 0.3) is 0 Å². The number of amides is 2. The summed E-state index contributed by atoms with van der Waals surface area (Å²) in [4.78, 5) is 14.3. The SMILES string of the molecule is O=C(NCCCO)NC(CN1CCCC1)c1ccccc1. The highest BCUT2D eigenvalue weighted by Gasteiger charge is 2.20. The lowest BCUT2D eigenvalue weighted by atomic mass is 10.1. The van der Waals surface area contributed by atoms with Crippen molar-refractivity contribution in [2.75, 3.05) is 32.8 Å². The van der Waals surface area contributed by atoms with E-state index in [9.17, 15) is 4.79 Å². The van der Waals surface area contributed by atoms with Crippen LogP contribution in [-0.2, 0) is 0 Å². The summed E-state index contributed by atoms with van der Waals surface area (Å²) in [7, 11) is 0. The fourth-order valence-corrected chi connectivity index (χ4v) is 2.63. The first-order valence-corrected chi connectivity index (χ1v) is 7.72. The van der Waals surface area contributed by atoms with Crippen molar-refractivity contribution in [3.8, 4) is 0 Å². The second-order valence-electron chi connectivity index (χ2n) is 5.45. The Labute approximate surface area is 126 Å². The zero-order valence-corrected chi connectivity index (χ0v) is 12.4. The van der Waals surface area contributed by atoms with Crippen LogP contribution in [0.5, 0.6) is 0 Å². The van der Waals surface area contributed by atoms with Crippen LogP contribution in [-0.4, -0.2) is 48.8 Å². The Balaban J connectivity index is 1.93. The molecule has 1 fully saturated rings. The molecule has 3 N–H and O–H groups in total. The number of urea groups is 1. The molecule has 0 aromatic heterocycles. The minimum atomic E-state index is -0.170. The molecule has 1 saturated heterocycles. The third kappa shape index (κ3) is 5.36. The van der Waals surface area contributed by atoms with E-state index in [1.165, 1.54) is 12.8 Å². The lowest BCUT2D eigenvalue weighted by Crippen LogP contribution is -2.42. The molecule has 1 unspecified atom stereocenters. The van der Waals surface area contributed by atoms with Gasteiger partial charge in [0.1, 0.15) is 0 Å². The van der Waals surface area contributed by atoms with Crippen molar-refractivity contribution < 1.29 is 9.90 Å². The van der Waals surface area contributed by atoms with Gasteiger partial charge in [0.15, 0.2) is 0 Å². The highest BCUT2D eigenvalue weighted by Crippen LogP contribution is 2.17. The summed E-state index contributed by atoms with van der Waals surface area (Å²) >= 11 is 0.